The maximum atomic E-state index is 12.2. The highest BCUT2D eigenvalue weighted by molar-refractivity contribution is 7.90. The second kappa shape index (κ2) is 7.25. The van der Waals surface area contributed by atoms with Crippen molar-refractivity contribution in [3.8, 4) is 0 Å². The number of pyridine rings is 2. The average Bonchev–Trinajstić information content (AvgIpc) is 2.55. The van der Waals surface area contributed by atoms with E-state index in [1.165, 1.54) is 12.5 Å². The van der Waals surface area contributed by atoms with Crippen molar-refractivity contribution in [2.45, 2.75) is 36.6 Å². The van der Waals surface area contributed by atoms with Crippen LogP contribution < -0.4 is 5.32 Å². The van der Waals surface area contributed by atoms with Crippen LogP contribution in [0.1, 0.15) is 25.7 Å². The van der Waals surface area contributed by atoms with Crippen LogP contribution in [-0.4, -0.2) is 56.2 Å². The highest BCUT2D eigenvalue weighted by Crippen LogP contribution is 2.32. The molecular formula is C18H26N4O2S. The number of aromatic nitrogens is 2. The molecule has 7 heteroatoms. The molecule has 2 aromatic rings. The molecular weight excluding hydrogens is 336 g/mol. The first kappa shape index (κ1) is 18.1. The van der Waals surface area contributed by atoms with Gasteiger partial charge in [-0.15, -0.1) is 0 Å². The zero-order chi connectivity index (χ0) is 18.0. The molecule has 1 fully saturated rings. The molecule has 2 aromatic heterocycles. The first-order valence-electron chi connectivity index (χ1n) is 8.69. The molecule has 3 rings (SSSR count). The van der Waals surface area contributed by atoms with E-state index in [2.05, 4.69) is 34.3 Å². The average molecular weight is 362 g/mol. The predicted molar refractivity (Wildman–Crippen MR) is 101 cm³/mol. The fourth-order valence-corrected chi connectivity index (χ4v) is 4.40. The van der Waals surface area contributed by atoms with E-state index in [1.54, 1.807) is 6.20 Å². The Balaban J connectivity index is 1.86. The maximum Gasteiger partial charge on any atom is 0.179 e. The van der Waals surface area contributed by atoms with E-state index in [0.717, 1.165) is 38.1 Å². The summed E-state index contributed by atoms with van der Waals surface area (Å²) >= 11 is 0. The highest BCUT2D eigenvalue weighted by Gasteiger charge is 2.25. The largest absolute Gasteiger partial charge is 0.379 e. The minimum Gasteiger partial charge on any atom is -0.379 e. The molecule has 0 spiro atoms. The van der Waals surface area contributed by atoms with E-state index in [0.29, 0.717) is 16.7 Å². The lowest BCUT2D eigenvalue weighted by atomic mass is 9.85. The number of hydrogen-bond donors (Lipinski definition) is 1. The summed E-state index contributed by atoms with van der Waals surface area (Å²) in [6.07, 6.45) is 8.73. The third-order valence-electron chi connectivity index (χ3n) is 4.81. The SMILES string of the molecule is CN(C)CC1CCC(Nc2c(S(C)(=O)=O)cnc3cccnc23)CC1. The minimum absolute atomic E-state index is 0.231. The van der Waals surface area contributed by atoms with Gasteiger partial charge in [0.25, 0.3) is 0 Å². The topological polar surface area (TPSA) is 75.2 Å². The Kier molecular flexibility index (Phi) is 5.24. The van der Waals surface area contributed by atoms with E-state index in [4.69, 9.17) is 0 Å². The van der Waals surface area contributed by atoms with Crippen LogP contribution in [0.4, 0.5) is 5.69 Å². The van der Waals surface area contributed by atoms with Crippen molar-refractivity contribution in [3.63, 3.8) is 0 Å². The van der Waals surface area contributed by atoms with Crippen LogP contribution in [0.2, 0.25) is 0 Å². The Labute approximate surface area is 149 Å². The van der Waals surface area contributed by atoms with E-state index in [9.17, 15) is 8.42 Å². The van der Waals surface area contributed by atoms with Crippen LogP contribution in [0, 0.1) is 5.92 Å². The summed E-state index contributed by atoms with van der Waals surface area (Å²) in [6, 6.07) is 3.94. The standard InChI is InChI=1S/C18H26N4O2S/c1-22(2)12-13-6-8-14(9-7-13)21-18-16(25(3,23)24)11-20-15-5-4-10-19-17(15)18/h4-5,10-11,13-14H,6-9,12H2,1-3H3,(H,20,21). The van der Waals surface area contributed by atoms with Gasteiger partial charge >= 0.3 is 0 Å². The lowest BCUT2D eigenvalue weighted by Gasteiger charge is -2.31. The molecule has 0 radical (unpaired) electrons. The Hall–Kier alpha value is -1.73. The van der Waals surface area contributed by atoms with Gasteiger partial charge in [-0.25, -0.2) is 8.42 Å². The Bertz CT molecular complexity index is 843. The molecule has 1 saturated carbocycles. The molecule has 6 nitrogen and oxygen atoms in total. The van der Waals surface area contributed by atoms with E-state index < -0.39 is 9.84 Å². The molecule has 1 aliphatic carbocycles. The fraction of sp³-hybridized carbons (Fsp3) is 0.556. The van der Waals surface area contributed by atoms with Crippen LogP contribution in [0.5, 0.6) is 0 Å². The highest BCUT2D eigenvalue weighted by atomic mass is 32.2. The monoisotopic (exact) mass is 362 g/mol. The maximum absolute atomic E-state index is 12.2. The molecule has 0 aromatic carbocycles. The summed E-state index contributed by atoms with van der Waals surface area (Å²) in [6.45, 7) is 1.11. The van der Waals surface area contributed by atoms with Gasteiger partial charge in [0.1, 0.15) is 10.4 Å². The number of fused-ring (bicyclic) bond motifs is 1. The van der Waals surface area contributed by atoms with Crippen LogP contribution in [-0.2, 0) is 9.84 Å². The number of nitrogens with one attached hydrogen (secondary N) is 1. The third-order valence-corrected chi connectivity index (χ3v) is 5.92. The zero-order valence-electron chi connectivity index (χ0n) is 15.1. The summed E-state index contributed by atoms with van der Waals surface area (Å²) in [5.74, 6) is 0.717. The molecule has 0 atom stereocenters. The van der Waals surface area contributed by atoms with Crippen molar-refractivity contribution >= 4 is 26.6 Å². The van der Waals surface area contributed by atoms with Gasteiger partial charge in [0.05, 0.1) is 11.2 Å². The van der Waals surface area contributed by atoms with Crippen molar-refractivity contribution in [2.75, 3.05) is 32.2 Å². The number of sulfone groups is 1. The summed E-state index contributed by atoms with van der Waals surface area (Å²) < 4.78 is 24.4. The minimum atomic E-state index is -3.37. The molecule has 0 saturated heterocycles. The zero-order valence-corrected chi connectivity index (χ0v) is 15.9. The number of hydrogen-bond acceptors (Lipinski definition) is 6. The second-order valence-electron chi connectivity index (χ2n) is 7.26. The van der Waals surface area contributed by atoms with Gasteiger partial charge in [-0.2, -0.15) is 0 Å². The lowest BCUT2D eigenvalue weighted by molar-refractivity contribution is 0.255. The molecule has 0 unspecified atom stereocenters. The number of anilines is 1. The number of nitrogens with zero attached hydrogens (tertiary/aromatic N) is 3. The van der Waals surface area contributed by atoms with Gasteiger partial charge in [-0.05, 0) is 57.8 Å². The predicted octanol–water partition coefficient (Wildman–Crippen LogP) is 2.57. The van der Waals surface area contributed by atoms with Gasteiger partial charge in [-0.1, -0.05) is 0 Å². The van der Waals surface area contributed by atoms with Crippen molar-refractivity contribution < 1.29 is 8.42 Å². The van der Waals surface area contributed by atoms with Crippen molar-refractivity contribution in [1.82, 2.24) is 14.9 Å². The molecule has 1 aliphatic rings. The molecule has 0 aliphatic heterocycles. The van der Waals surface area contributed by atoms with Crippen LogP contribution in [0.25, 0.3) is 11.0 Å². The van der Waals surface area contributed by atoms with Crippen molar-refractivity contribution in [1.29, 1.82) is 0 Å². The molecule has 25 heavy (non-hydrogen) atoms. The summed E-state index contributed by atoms with van der Waals surface area (Å²) in [5, 5.41) is 3.48. The van der Waals surface area contributed by atoms with Gasteiger partial charge in [-0.3, -0.25) is 9.97 Å². The van der Waals surface area contributed by atoms with Gasteiger partial charge in [0, 0.05) is 31.2 Å². The smallest absolute Gasteiger partial charge is 0.179 e. The summed E-state index contributed by atoms with van der Waals surface area (Å²) in [4.78, 5) is 11.1. The first-order chi connectivity index (χ1) is 11.8. The molecule has 0 amide bonds. The lowest BCUT2D eigenvalue weighted by Crippen LogP contribution is -2.31. The summed E-state index contributed by atoms with van der Waals surface area (Å²) in [7, 11) is 0.843. The van der Waals surface area contributed by atoms with E-state index in [1.807, 2.05) is 12.1 Å². The van der Waals surface area contributed by atoms with Crippen molar-refractivity contribution in [2.24, 2.45) is 5.92 Å². The molecule has 136 valence electrons. The Morgan fingerprint density at radius 1 is 1.20 bits per heavy atom. The van der Waals surface area contributed by atoms with E-state index >= 15 is 0 Å². The first-order valence-corrected chi connectivity index (χ1v) is 10.6. The normalized spacial score (nSPS) is 21.6. The van der Waals surface area contributed by atoms with Crippen LogP contribution in [0.3, 0.4) is 0 Å². The molecule has 0 bridgehead atoms. The van der Waals surface area contributed by atoms with Crippen LogP contribution in [0.15, 0.2) is 29.4 Å². The quantitative estimate of drug-likeness (QED) is 0.881. The van der Waals surface area contributed by atoms with Gasteiger partial charge in [0.2, 0.25) is 0 Å². The number of rotatable bonds is 5. The molecule has 1 N–H and O–H groups in total. The van der Waals surface area contributed by atoms with Crippen molar-refractivity contribution in [3.05, 3.63) is 24.5 Å². The fourth-order valence-electron chi connectivity index (χ4n) is 3.63. The van der Waals surface area contributed by atoms with Gasteiger partial charge in [0.15, 0.2) is 9.84 Å². The Morgan fingerprint density at radius 3 is 2.56 bits per heavy atom. The summed E-state index contributed by atoms with van der Waals surface area (Å²) in [5.41, 5.74) is 1.93. The Morgan fingerprint density at radius 2 is 1.92 bits per heavy atom. The molecule has 2 heterocycles. The van der Waals surface area contributed by atoms with Crippen LogP contribution >= 0.6 is 0 Å². The van der Waals surface area contributed by atoms with E-state index in [-0.39, 0.29) is 10.9 Å². The second-order valence-corrected chi connectivity index (χ2v) is 9.25. The third kappa shape index (κ3) is 4.27. The van der Waals surface area contributed by atoms with Gasteiger partial charge < -0.3 is 10.2 Å².